The highest BCUT2D eigenvalue weighted by Gasteiger charge is 2.45. The van der Waals surface area contributed by atoms with Gasteiger partial charge in [0.2, 0.25) is 5.91 Å². The summed E-state index contributed by atoms with van der Waals surface area (Å²) in [6.45, 7) is 9.65. The highest BCUT2D eigenvalue weighted by atomic mass is 16.5. The maximum atomic E-state index is 12.4. The number of benzene rings is 1. The highest BCUT2D eigenvalue weighted by molar-refractivity contribution is 5.82. The zero-order valence-corrected chi connectivity index (χ0v) is 21.0. The normalized spacial score (nSPS) is 20.5. The molecule has 1 aromatic carbocycles. The second kappa shape index (κ2) is 8.64. The average molecular weight is 474 g/mol. The number of carbonyl (C=O) groups excluding carboxylic acids is 1. The molecule has 184 valence electrons. The lowest BCUT2D eigenvalue weighted by Gasteiger charge is -2.51. The third-order valence-corrected chi connectivity index (χ3v) is 8.13. The van der Waals surface area contributed by atoms with Crippen LogP contribution in [0.4, 0.5) is 5.69 Å². The van der Waals surface area contributed by atoms with E-state index in [9.17, 15) is 4.79 Å². The fraction of sp³-hybridized carbons (Fsp3) is 0.500. The quantitative estimate of drug-likeness (QED) is 0.547. The van der Waals surface area contributed by atoms with Crippen LogP contribution < -0.4 is 4.90 Å². The summed E-state index contributed by atoms with van der Waals surface area (Å²) in [6.07, 6.45) is 6.12. The van der Waals surface area contributed by atoms with Gasteiger partial charge in [0.15, 0.2) is 0 Å². The first-order valence-electron chi connectivity index (χ1n) is 12.9. The average Bonchev–Trinajstić information content (AvgIpc) is 3.61. The summed E-state index contributed by atoms with van der Waals surface area (Å²) >= 11 is 0. The van der Waals surface area contributed by atoms with E-state index in [1.807, 2.05) is 22.7 Å². The summed E-state index contributed by atoms with van der Waals surface area (Å²) in [5.74, 6) is 0.651. The number of carbonyl (C=O) groups is 1. The molecule has 7 nitrogen and oxygen atoms in total. The standard InChI is InChI=1S/C28H35N5O2/c1-20(2)32-18-28(19-32,35-3)24-8-6-21(7-9-24)23-16-26-25(10-11-29-33(26)17-23)30-12-14-31(15-13-30)27(34)22-4-5-22/h6-11,16-17,20,22H,4-5,12-15,18-19H2,1-3H3. The number of amides is 1. The van der Waals surface area contributed by atoms with E-state index in [0.717, 1.165) is 63.2 Å². The van der Waals surface area contributed by atoms with E-state index in [1.165, 1.54) is 16.8 Å². The minimum absolute atomic E-state index is 0.202. The number of hydrogen-bond acceptors (Lipinski definition) is 5. The van der Waals surface area contributed by atoms with Gasteiger partial charge in [0, 0.05) is 76.3 Å². The molecular weight excluding hydrogens is 438 g/mol. The zero-order chi connectivity index (χ0) is 24.2. The molecule has 7 heteroatoms. The van der Waals surface area contributed by atoms with E-state index in [-0.39, 0.29) is 5.60 Å². The number of hydrogen-bond donors (Lipinski definition) is 0. The molecule has 3 fully saturated rings. The van der Waals surface area contributed by atoms with Gasteiger partial charge in [-0.05, 0) is 49.9 Å². The van der Waals surface area contributed by atoms with Crippen LogP contribution in [0.25, 0.3) is 16.6 Å². The first kappa shape index (κ1) is 22.6. The summed E-state index contributed by atoms with van der Waals surface area (Å²) in [7, 11) is 1.82. The molecule has 0 N–H and O–H groups in total. The predicted molar refractivity (Wildman–Crippen MR) is 138 cm³/mol. The third-order valence-electron chi connectivity index (χ3n) is 8.13. The lowest BCUT2D eigenvalue weighted by atomic mass is 9.84. The van der Waals surface area contributed by atoms with E-state index in [4.69, 9.17) is 4.74 Å². The molecule has 0 spiro atoms. The molecule has 2 aromatic heterocycles. The van der Waals surface area contributed by atoms with Gasteiger partial charge in [-0.1, -0.05) is 24.3 Å². The Balaban J connectivity index is 1.20. The van der Waals surface area contributed by atoms with Crippen molar-refractivity contribution >= 4 is 17.1 Å². The van der Waals surface area contributed by atoms with E-state index < -0.39 is 0 Å². The maximum Gasteiger partial charge on any atom is 0.225 e. The molecule has 0 bridgehead atoms. The minimum Gasteiger partial charge on any atom is -0.371 e. The van der Waals surface area contributed by atoms with Crippen LogP contribution in [0.5, 0.6) is 0 Å². The molecule has 2 saturated heterocycles. The maximum absolute atomic E-state index is 12.4. The number of methoxy groups -OCH3 is 1. The van der Waals surface area contributed by atoms with E-state index >= 15 is 0 Å². The molecule has 0 atom stereocenters. The monoisotopic (exact) mass is 473 g/mol. The van der Waals surface area contributed by atoms with Crippen molar-refractivity contribution < 1.29 is 9.53 Å². The molecule has 0 unspecified atom stereocenters. The topological polar surface area (TPSA) is 53.3 Å². The van der Waals surface area contributed by atoms with Crippen LogP contribution in [0.3, 0.4) is 0 Å². The van der Waals surface area contributed by atoms with Crippen molar-refractivity contribution in [1.29, 1.82) is 0 Å². The van der Waals surface area contributed by atoms with Crippen LogP contribution in [0.1, 0.15) is 32.3 Å². The number of ether oxygens (including phenoxy) is 1. The number of nitrogens with zero attached hydrogens (tertiary/aromatic N) is 5. The van der Waals surface area contributed by atoms with Crippen molar-refractivity contribution in [2.75, 3.05) is 51.3 Å². The zero-order valence-electron chi connectivity index (χ0n) is 21.0. The molecule has 6 rings (SSSR count). The van der Waals surface area contributed by atoms with Gasteiger partial charge >= 0.3 is 0 Å². The summed E-state index contributed by atoms with van der Waals surface area (Å²) < 4.78 is 7.95. The highest BCUT2D eigenvalue weighted by Crippen LogP contribution is 2.38. The smallest absolute Gasteiger partial charge is 0.225 e. The van der Waals surface area contributed by atoms with Crippen molar-refractivity contribution in [3.05, 3.63) is 54.4 Å². The van der Waals surface area contributed by atoms with Crippen LogP contribution in [0.15, 0.2) is 48.8 Å². The molecular formula is C28H35N5O2. The van der Waals surface area contributed by atoms with E-state index in [1.54, 1.807) is 0 Å². The Morgan fingerprint density at radius 1 is 1.03 bits per heavy atom. The minimum atomic E-state index is -0.202. The lowest BCUT2D eigenvalue weighted by molar-refractivity contribution is -0.141. The van der Waals surface area contributed by atoms with Crippen molar-refractivity contribution in [3.63, 3.8) is 0 Å². The first-order chi connectivity index (χ1) is 17.0. The van der Waals surface area contributed by atoms with Crippen molar-refractivity contribution in [1.82, 2.24) is 19.4 Å². The van der Waals surface area contributed by atoms with Crippen LogP contribution in [-0.2, 0) is 15.1 Å². The Morgan fingerprint density at radius 3 is 2.37 bits per heavy atom. The van der Waals surface area contributed by atoms with Crippen LogP contribution >= 0.6 is 0 Å². The fourth-order valence-electron chi connectivity index (χ4n) is 5.55. The first-order valence-corrected chi connectivity index (χ1v) is 12.9. The molecule has 1 saturated carbocycles. The predicted octanol–water partition coefficient (Wildman–Crippen LogP) is 3.63. The Morgan fingerprint density at radius 2 is 1.74 bits per heavy atom. The van der Waals surface area contributed by atoms with Crippen LogP contribution in [0, 0.1) is 5.92 Å². The number of aromatic nitrogens is 2. The van der Waals surface area contributed by atoms with Crippen molar-refractivity contribution in [2.24, 2.45) is 5.92 Å². The van der Waals surface area contributed by atoms with Crippen LogP contribution in [-0.4, -0.2) is 77.7 Å². The summed E-state index contributed by atoms with van der Waals surface area (Å²) in [5.41, 5.74) is 5.66. The Kier molecular flexibility index (Phi) is 5.57. The SMILES string of the molecule is COC1(c2ccc(-c3cc4c(N5CCN(C(=O)C6CC6)CC5)ccnn4c3)cc2)CN(C(C)C)C1. The molecule has 4 heterocycles. The summed E-state index contributed by atoms with van der Waals surface area (Å²) in [4.78, 5) is 19.3. The Hall–Kier alpha value is -2.90. The largest absolute Gasteiger partial charge is 0.371 e. The second-order valence-corrected chi connectivity index (χ2v) is 10.6. The lowest BCUT2D eigenvalue weighted by Crippen LogP contribution is -2.62. The molecule has 3 aliphatic rings. The third kappa shape index (κ3) is 4.00. The second-order valence-electron chi connectivity index (χ2n) is 10.6. The van der Waals surface area contributed by atoms with Gasteiger partial charge < -0.3 is 14.5 Å². The van der Waals surface area contributed by atoms with Gasteiger partial charge in [0.1, 0.15) is 5.60 Å². The summed E-state index contributed by atoms with van der Waals surface area (Å²) in [5, 5.41) is 4.57. The van der Waals surface area contributed by atoms with E-state index in [0.29, 0.717) is 17.9 Å². The molecule has 2 aliphatic heterocycles. The number of piperazine rings is 1. The molecule has 3 aromatic rings. The van der Waals surface area contributed by atoms with Gasteiger partial charge in [-0.2, -0.15) is 5.10 Å². The summed E-state index contributed by atoms with van der Waals surface area (Å²) in [6, 6.07) is 13.7. The number of likely N-dealkylation sites (tertiary alicyclic amines) is 1. The Labute approximate surface area is 207 Å². The number of rotatable bonds is 6. The van der Waals surface area contributed by atoms with Crippen molar-refractivity contribution in [3.8, 4) is 11.1 Å². The van der Waals surface area contributed by atoms with Gasteiger partial charge in [0.25, 0.3) is 0 Å². The molecule has 1 aliphatic carbocycles. The molecule has 1 amide bonds. The van der Waals surface area contributed by atoms with E-state index in [2.05, 4.69) is 71.3 Å². The molecule has 0 radical (unpaired) electrons. The van der Waals surface area contributed by atoms with Gasteiger partial charge in [-0.15, -0.1) is 0 Å². The number of anilines is 1. The molecule has 35 heavy (non-hydrogen) atoms. The van der Waals surface area contributed by atoms with Crippen molar-refractivity contribution in [2.45, 2.75) is 38.3 Å². The van der Waals surface area contributed by atoms with Gasteiger partial charge in [-0.3, -0.25) is 9.69 Å². The fourth-order valence-corrected chi connectivity index (χ4v) is 5.55. The van der Waals surface area contributed by atoms with Crippen LogP contribution in [0.2, 0.25) is 0 Å². The van der Waals surface area contributed by atoms with Gasteiger partial charge in [0.05, 0.1) is 11.2 Å². The Bertz CT molecular complexity index is 1220. The number of fused-ring (bicyclic) bond motifs is 1. The van der Waals surface area contributed by atoms with Gasteiger partial charge in [-0.25, -0.2) is 4.52 Å².